The van der Waals surface area contributed by atoms with Crippen molar-refractivity contribution in [1.29, 1.82) is 0 Å². The molecule has 0 saturated carbocycles. The van der Waals surface area contributed by atoms with Crippen molar-refractivity contribution in [2.24, 2.45) is 5.41 Å². The standard InChI is InChI=1S/C13H18N2O4/c1-4-13(3,12(16)17)8-14-11-6-5-10(15(18)19)7-9(11)2/h5-7,14H,4,8H2,1-3H3,(H,16,17). The second-order valence-corrected chi connectivity index (χ2v) is 4.83. The summed E-state index contributed by atoms with van der Waals surface area (Å²) in [6, 6.07) is 4.47. The van der Waals surface area contributed by atoms with Gasteiger partial charge in [-0.05, 0) is 31.9 Å². The molecule has 0 aliphatic carbocycles. The van der Waals surface area contributed by atoms with Crippen LogP contribution in [0.25, 0.3) is 0 Å². The van der Waals surface area contributed by atoms with Crippen molar-refractivity contribution in [3.63, 3.8) is 0 Å². The van der Waals surface area contributed by atoms with Gasteiger partial charge >= 0.3 is 5.97 Å². The van der Waals surface area contributed by atoms with Crippen LogP contribution in [0.1, 0.15) is 25.8 Å². The molecule has 0 radical (unpaired) electrons. The minimum atomic E-state index is -0.859. The molecule has 0 spiro atoms. The molecule has 6 heteroatoms. The molecule has 1 rings (SSSR count). The summed E-state index contributed by atoms with van der Waals surface area (Å²) in [7, 11) is 0. The second kappa shape index (κ2) is 5.69. The number of aryl methyl sites for hydroxylation is 1. The van der Waals surface area contributed by atoms with E-state index < -0.39 is 16.3 Å². The summed E-state index contributed by atoms with van der Waals surface area (Å²) in [6.07, 6.45) is 0.501. The molecule has 0 aliphatic rings. The largest absolute Gasteiger partial charge is 0.481 e. The molecule has 2 N–H and O–H groups in total. The lowest BCUT2D eigenvalue weighted by Crippen LogP contribution is -2.34. The number of carboxylic acids is 1. The Hall–Kier alpha value is -2.11. The van der Waals surface area contributed by atoms with Crippen LogP contribution in [0.3, 0.4) is 0 Å². The number of aliphatic carboxylic acids is 1. The van der Waals surface area contributed by atoms with Crippen molar-refractivity contribution < 1.29 is 14.8 Å². The maximum atomic E-state index is 11.2. The third-order valence-corrected chi connectivity index (χ3v) is 3.39. The average molecular weight is 266 g/mol. The van der Waals surface area contributed by atoms with Crippen molar-refractivity contribution in [3.8, 4) is 0 Å². The Balaban J connectivity index is 2.84. The molecule has 0 saturated heterocycles. The van der Waals surface area contributed by atoms with Crippen LogP contribution in [-0.4, -0.2) is 22.5 Å². The predicted octanol–water partition coefficient (Wildman–Crippen LogP) is 2.82. The molecule has 0 aromatic heterocycles. The number of carboxylic acid groups (broad SMARTS) is 1. The summed E-state index contributed by atoms with van der Waals surface area (Å²) < 4.78 is 0. The highest BCUT2D eigenvalue weighted by atomic mass is 16.6. The maximum Gasteiger partial charge on any atom is 0.311 e. The SMILES string of the molecule is CCC(C)(CNc1ccc([N+](=O)[O-])cc1C)C(=O)O. The molecule has 0 aliphatic heterocycles. The predicted molar refractivity (Wildman–Crippen MR) is 72.4 cm³/mol. The van der Waals surface area contributed by atoms with Gasteiger partial charge in [0.15, 0.2) is 0 Å². The molecule has 1 atom stereocenters. The van der Waals surface area contributed by atoms with Crippen molar-refractivity contribution in [2.45, 2.75) is 27.2 Å². The van der Waals surface area contributed by atoms with Crippen LogP contribution in [0.4, 0.5) is 11.4 Å². The number of nitrogens with one attached hydrogen (secondary N) is 1. The number of nitrogens with zero attached hydrogens (tertiary/aromatic N) is 1. The Morgan fingerprint density at radius 3 is 2.58 bits per heavy atom. The van der Waals surface area contributed by atoms with Crippen LogP contribution in [0, 0.1) is 22.5 Å². The molecule has 0 heterocycles. The topological polar surface area (TPSA) is 92.5 Å². The van der Waals surface area contributed by atoms with Gasteiger partial charge in [-0.1, -0.05) is 6.92 Å². The smallest absolute Gasteiger partial charge is 0.311 e. The van der Waals surface area contributed by atoms with Crippen molar-refractivity contribution in [3.05, 3.63) is 33.9 Å². The van der Waals surface area contributed by atoms with Crippen molar-refractivity contribution in [2.75, 3.05) is 11.9 Å². The summed E-state index contributed by atoms with van der Waals surface area (Å²) >= 11 is 0. The number of nitro groups is 1. The highest BCUT2D eigenvalue weighted by molar-refractivity contribution is 5.75. The van der Waals surface area contributed by atoms with E-state index in [9.17, 15) is 14.9 Å². The summed E-state index contributed by atoms with van der Waals surface area (Å²) in [5.41, 5.74) is 0.609. The normalized spacial score (nSPS) is 13.6. The van der Waals surface area contributed by atoms with Crippen molar-refractivity contribution in [1.82, 2.24) is 0 Å². The quantitative estimate of drug-likeness (QED) is 0.610. The summed E-state index contributed by atoms with van der Waals surface area (Å²) in [5.74, 6) is -0.859. The molecule has 104 valence electrons. The molecule has 0 bridgehead atoms. The second-order valence-electron chi connectivity index (χ2n) is 4.83. The van der Waals surface area contributed by atoms with Gasteiger partial charge in [0.1, 0.15) is 0 Å². The molecule has 1 unspecified atom stereocenters. The highest BCUT2D eigenvalue weighted by Crippen LogP contribution is 2.25. The molecular weight excluding hydrogens is 248 g/mol. The highest BCUT2D eigenvalue weighted by Gasteiger charge is 2.30. The number of non-ortho nitro benzene ring substituents is 1. The molecule has 19 heavy (non-hydrogen) atoms. The lowest BCUT2D eigenvalue weighted by molar-refractivity contribution is -0.384. The van der Waals surface area contributed by atoms with Gasteiger partial charge in [-0.2, -0.15) is 0 Å². The minimum absolute atomic E-state index is 0.0273. The van der Waals surface area contributed by atoms with E-state index in [0.29, 0.717) is 12.1 Å². The Morgan fingerprint density at radius 2 is 2.16 bits per heavy atom. The van der Waals surface area contributed by atoms with E-state index in [0.717, 1.165) is 5.56 Å². The van der Waals surface area contributed by atoms with Crippen LogP contribution < -0.4 is 5.32 Å². The first-order valence-electron chi connectivity index (χ1n) is 6.02. The first-order chi connectivity index (χ1) is 8.80. The van der Waals surface area contributed by atoms with Gasteiger partial charge in [-0.15, -0.1) is 0 Å². The number of hydrogen-bond donors (Lipinski definition) is 2. The molecule has 0 fully saturated rings. The first kappa shape index (κ1) is 14.9. The van der Waals surface area contributed by atoms with Crippen LogP contribution in [0.5, 0.6) is 0 Å². The summed E-state index contributed by atoms with van der Waals surface area (Å²) in [6.45, 7) is 5.51. The minimum Gasteiger partial charge on any atom is -0.481 e. The van der Waals surface area contributed by atoms with Crippen LogP contribution in [0.2, 0.25) is 0 Å². The Kier molecular flexibility index (Phi) is 4.47. The van der Waals surface area contributed by atoms with Crippen LogP contribution in [0.15, 0.2) is 18.2 Å². The van der Waals surface area contributed by atoms with Gasteiger partial charge in [0.25, 0.3) is 5.69 Å². The lowest BCUT2D eigenvalue weighted by Gasteiger charge is -2.24. The molecule has 6 nitrogen and oxygen atoms in total. The molecule has 0 amide bonds. The fraction of sp³-hybridized carbons (Fsp3) is 0.462. The lowest BCUT2D eigenvalue weighted by atomic mass is 9.87. The number of carbonyl (C=O) groups is 1. The van der Waals surface area contributed by atoms with Gasteiger partial charge in [0, 0.05) is 24.4 Å². The average Bonchev–Trinajstić information content (AvgIpc) is 2.36. The van der Waals surface area contributed by atoms with E-state index in [1.165, 1.54) is 12.1 Å². The molecule has 1 aromatic rings. The number of rotatable bonds is 6. The first-order valence-corrected chi connectivity index (χ1v) is 6.02. The van der Waals surface area contributed by atoms with Gasteiger partial charge < -0.3 is 10.4 Å². The number of benzene rings is 1. The zero-order chi connectivity index (χ0) is 14.6. The van der Waals surface area contributed by atoms with Crippen LogP contribution in [-0.2, 0) is 4.79 Å². The number of hydrogen-bond acceptors (Lipinski definition) is 4. The molecular formula is C13H18N2O4. The third-order valence-electron chi connectivity index (χ3n) is 3.39. The van der Waals surface area contributed by atoms with E-state index in [2.05, 4.69) is 5.32 Å². The maximum absolute atomic E-state index is 11.2. The Morgan fingerprint density at radius 1 is 1.53 bits per heavy atom. The van der Waals surface area contributed by atoms with E-state index in [4.69, 9.17) is 5.11 Å². The molecule has 1 aromatic carbocycles. The number of anilines is 1. The summed E-state index contributed by atoms with van der Waals surface area (Å²) in [4.78, 5) is 21.3. The monoisotopic (exact) mass is 266 g/mol. The van der Waals surface area contributed by atoms with Gasteiger partial charge in [0.2, 0.25) is 0 Å². The van der Waals surface area contributed by atoms with E-state index in [-0.39, 0.29) is 12.2 Å². The fourth-order valence-corrected chi connectivity index (χ4v) is 1.60. The Labute approximate surface area is 111 Å². The third kappa shape index (κ3) is 3.43. The van der Waals surface area contributed by atoms with Crippen LogP contribution >= 0.6 is 0 Å². The summed E-state index contributed by atoms with van der Waals surface area (Å²) in [5, 5.41) is 22.8. The Bertz CT molecular complexity index is 501. The van der Waals surface area contributed by atoms with E-state index in [1.807, 2.05) is 6.92 Å². The van der Waals surface area contributed by atoms with E-state index >= 15 is 0 Å². The fourth-order valence-electron chi connectivity index (χ4n) is 1.60. The number of nitro benzene ring substituents is 1. The van der Waals surface area contributed by atoms with Gasteiger partial charge in [-0.25, -0.2) is 0 Å². The van der Waals surface area contributed by atoms with E-state index in [1.54, 1.807) is 19.9 Å². The zero-order valence-electron chi connectivity index (χ0n) is 11.3. The van der Waals surface area contributed by atoms with Gasteiger partial charge in [0.05, 0.1) is 10.3 Å². The van der Waals surface area contributed by atoms with Crippen molar-refractivity contribution >= 4 is 17.3 Å². The van der Waals surface area contributed by atoms with Gasteiger partial charge in [-0.3, -0.25) is 14.9 Å². The zero-order valence-corrected chi connectivity index (χ0v) is 11.3.